The van der Waals surface area contributed by atoms with Crippen molar-refractivity contribution in [2.75, 3.05) is 58.4 Å². The van der Waals surface area contributed by atoms with Crippen molar-refractivity contribution in [1.82, 2.24) is 4.90 Å². The molecule has 0 heterocycles. The molecule has 150 valence electrons. The number of carboxylic acid groups (broad SMARTS) is 1. The predicted octanol–water partition coefficient (Wildman–Crippen LogP) is 2.91. The minimum Gasteiger partial charge on any atom is -0.480 e. The zero-order chi connectivity index (χ0) is 19.3. The first kappa shape index (κ1) is 24.7. The number of carbonyl (C=O) groups is 1. The van der Waals surface area contributed by atoms with Crippen LogP contribution in [0.1, 0.15) is 27.7 Å². The molecule has 9 nitrogen and oxygen atoms in total. The summed E-state index contributed by atoms with van der Waals surface area (Å²) in [5, 5.41) is 9.05. The van der Waals surface area contributed by atoms with Crippen molar-refractivity contribution < 1.29 is 37.1 Å². The van der Waals surface area contributed by atoms with E-state index in [1.807, 2.05) is 0 Å². The summed E-state index contributed by atoms with van der Waals surface area (Å²) in [6, 6.07) is 0. The molecule has 0 aliphatic heterocycles. The van der Waals surface area contributed by atoms with E-state index in [2.05, 4.69) is 0 Å². The number of hydrogen-bond acceptors (Lipinski definition) is 8. The highest BCUT2D eigenvalue weighted by molar-refractivity contribution is 7.54. The van der Waals surface area contributed by atoms with Gasteiger partial charge in [-0.3, -0.25) is 18.8 Å². The van der Waals surface area contributed by atoms with Crippen molar-refractivity contribution >= 4 is 21.2 Å². The number of carboxylic acids is 1. The number of aliphatic carboxylic acids is 1. The highest BCUT2D eigenvalue weighted by Gasteiger charge is 2.28. The van der Waals surface area contributed by atoms with Gasteiger partial charge in [0.05, 0.1) is 45.3 Å². The molecule has 11 heteroatoms. The highest BCUT2D eigenvalue weighted by Crippen LogP contribution is 2.49. The molecule has 0 radical (unpaired) electrons. The second-order valence-corrected chi connectivity index (χ2v) is 9.38. The highest BCUT2D eigenvalue weighted by atomic mass is 31.2. The molecule has 0 saturated heterocycles. The van der Waals surface area contributed by atoms with E-state index in [0.29, 0.717) is 0 Å². The van der Waals surface area contributed by atoms with Gasteiger partial charge < -0.3 is 23.2 Å². The summed E-state index contributed by atoms with van der Waals surface area (Å²) in [6.45, 7) is 7.84. The largest absolute Gasteiger partial charge is 0.480 e. The Balaban J connectivity index is 4.86. The van der Waals surface area contributed by atoms with Gasteiger partial charge in [0, 0.05) is 13.1 Å². The van der Waals surface area contributed by atoms with Crippen LogP contribution < -0.4 is 0 Å². The molecule has 0 fully saturated rings. The Morgan fingerprint density at radius 3 is 1.36 bits per heavy atom. The fourth-order valence-electron chi connectivity index (χ4n) is 2.11. The first-order valence-electron chi connectivity index (χ1n) is 8.44. The molecule has 1 N–H and O–H groups in total. The van der Waals surface area contributed by atoms with Gasteiger partial charge in [0.1, 0.15) is 0 Å². The van der Waals surface area contributed by atoms with E-state index >= 15 is 0 Å². The van der Waals surface area contributed by atoms with Crippen molar-refractivity contribution in [2.24, 2.45) is 0 Å². The summed E-state index contributed by atoms with van der Waals surface area (Å²) in [6.07, 6.45) is 0.102. The Labute approximate surface area is 150 Å². The number of hydrogen-bond donors (Lipinski definition) is 1. The van der Waals surface area contributed by atoms with Gasteiger partial charge in [-0.05, 0) is 27.7 Å². The van der Waals surface area contributed by atoms with E-state index in [4.69, 9.17) is 23.2 Å². The Kier molecular flexibility index (Phi) is 12.8. The molecule has 0 aliphatic rings. The molecule has 0 bridgehead atoms. The Hall–Kier alpha value is -0.270. The lowest BCUT2D eigenvalue weighted by Gasteiger charge is -2.25. The topological polar surface area (TPSA) is 112 Å². The quantitative estimate of drug-likeness (QED) is 0.389. The van der Waals surface area contributed by atoms with Gasteiger partial charge in [-0.25, -0.2) is 0 Å². The zero-order valence-corrected chi connectivity index (χ0v) is 17.3. The Bertz CT molecular complexity index is 420. The lowest BCUT2D eigenvalue weighted by Crippen LogP contribution is -2.35. The average molecular weight is 403 g/mol. The van der Waals surface area contributed by atoms with E-state index in [0.717, 1.165) is 0 Å². The minimum atomic E-state index is -3.27. The summed E-state index contributed by atoms with van der Waals surface area (Å²) in [7, 11) is -6.55. The van der Waals surface area contributed by atoms with Gasteiger partial charge >= 0.3 is 21.2 Å². The van der Waals surface area contributed by atoms with Crippen LogP contribution in [0.2, 0.25) is 0 Å². The molecule has 0 aromatic carbocycles. The first-order chi connectivity index (χ1) is 11.7. The van der Waals surface area contributed by atoms with Crippen LogP contribution >= 0.6 is 15.2 Å². The summed E-state index contributed by atoms with van der Waals surface area (Å²) in [4.78, 5) is 12.6. The molecule has 0 rings (SSSR count). The van der Waals surface area contributed by atoms with E-state index in [1.54, 1.807) is 27.7 Å². The molecular formula is C14H31NO8P2. The molecule has 0 aromatic heterocycles. The smallest absolute Gasteiger partial charge is 0.331 e. The zero-order valence-electron chi connectivity index (χ0n) is 15.5. The predicted molar refractivity (Wildman–Crippen MR) is 95.5 cm³/mol. The SMILES string of the molecule is CCOP(=O)(CCN(CCP(=O)(OCC)OCC)CC(=O)O)OCC. The van der Waals surface area contributed by atoms with Gasteiger partial charge in [-0.15, -0.1) is 0 Å². The average Bonchev–Trinajstić information content (AvgIpc) is 2.51. The van der Waals surface area contributed by atoms with Gasteiger partial charge in [-0.2, -0.15) is 0 Å². The van der Waals surface area contributed by atoms with Gasteiger partial charge in [-0.1, -0.05) is 0 Å². The van der Waals surface area contributed by atoms with Crippen LogP contribution in [0, 0.1) is 0 Å². The third-order valence-corrected chi connectivity index (χ3v) is 7.14. The lowest BCUT2D eigenvalue weighted by molar-refractivity contribution is -0.138. The lowest BCUT2D eigenvalue weighted by atomic mass is 10.5. The Morgan fingerprint density at radius 1 is 0.800 bits per heavy atom. The maximum atomic E-state index is 12.5. The van der Waals surface area contributed by atoms with E-state index in [1.165, 1.54) is 4.90 Å². The summed E-state index contributed by atoms with van der Waals surface area (Å²) < 4.78 is 45.8. The molecular weight excluding hydrogens is 372 g/mol. The fourth-order valence-corrected chi connectivity index (χ4v) is 5.40. The maximum Gasteiger partial charge on any atom is 0.331 e. The van der Waals surface area contributed by atoms with Crippen LogP contribution in [0.25, 0.3) is 0 Å². The number of nitrogens with zero attached hydrogens (tertiary/aromatic N) is 1. The van der Waals surface area contributed by atoms with Crippen molar-refractivity contribution in [3.8, 4) is 0 Å². The second-order valence-electron chi connectivity index (χ2n) is 5.01. The van der Waals surface area contributed by atoms with E-state index < -0.39 is 21.2 Å². The van der Waals surface area contributed by atoms with Crippen molar-refractivity contribution in [1.29, 1.82) is 0 Å². The standard InChI is InChI=1S/C14H31NO8P2/c1-5-20-24(18,21-6-2)11-9-15(13-14(16)17)10-12-25(19,22-7-3)23-8-4/h5-13H2,1-4H3,(H,16,17). The maximum absolute atomic E-state index is 12.5. The summed E-state index contributed by atoms with van der Waals surface area (Å²) in [5.74, 6) is -1.04. The normalized spacial score (nSPS) is 12.7. The molecule has 0 atom stereocenters. The minimum absolute atomic E-state index is 0.0511. The van der Waals surface area contributed by atoms with E-state index in [-0.39, 0.29) is 58.4 Å². The van der Waals surface area contributed by atoms with Crippen LogP contribution in [0.3, 0.4) is 0 Å². The van der Waals surface area contributed by atoms with Crippen LogP contribution in [-0.2, 0) is 32.0 Å². The van der Waals surface area contributed by atoms with Gasteiger partial charge in [0.25, 0.3) is 0 Å². The molecule has 0 amide bonds. The van der Waals surface area contributed by atoms with Crippen LogP contribution in [0.5, 0.6) is 0 Å². The van der Waals surface area contributed by atoms with Crippen LogP contribution in [-0.4, -0.2) is 74.4 Å². The molecule has 0 unspecified atom stereocenters. The van der Waals surface area contributed by atoms with Crippen LogP contribution in [0.15, 0.2) is 0 Å². The van der Waals surface area contributed by atoms with Crippen molar-refractivity contribution in [3.63, 3.8) is 0 Å². The van der Waals surface area contributed by atoms with E-state index in [9.17, 15) is 13.9 Å². The summed E-state index contributed by atoms with van der Waals surface area (Å²) >= 11 is 0. The monoisotopic (exact) mass is 403 g/mol. The van der Waals surface area contributed by atoms with Gasteiger partial charge in [0.15, 0.2) is 0 Å². The molecule has 0 spiro atoms. The third-order valence-electron chi connectivity index (χ3n) is 3.04. The number of rotatable bonds is 16. The van der Waals surface area contributed by atoms with Gasteiger partial charge in [0.2, 0.25) is 0 Å². The van der Waals surface area contributed by atoms with Crippen molar-refractivity contribution in [3.05, 3.63) is 0 Å². The molecule has 0 aliphatic carbocycles. The molecule has 0 saturated carbocycles. The fraction of sp³-hybridized carbons (Fsp3) is 0.929. The van der Waals surface area contributed by atoms with Crippen LogP contribution in [0.4, 0.5) is 0 Å². The molecule has 0 aromatic rings. The molecule has 25 heavy (non-hydrogen) atoms. The third kappa shape index (κ3) is 11.1. The second kappa shape index (κ2) is 13.0. The van der Waals surface area contributed by atoms with Crippen molar-refractivity contribution in [2.45, 2.75) is 27.7 Å². The summed E-state index contributed by atoms with van der Waals surface area (Å²) in [5.41, 5.74) is 0. The first-order valence-corrected chi connectivity index (χ1v) is 11.9. The Morgan fingerprint density at radius 2 is 1.12 bits per heavy atom.